The van der Waals surface area contributed by atoms with E-state index in [0.29, 0.717) is 0 Å². The lowest BCUT2D eigenvalue weighted by Gasteiger charge is -2.25. The number of carbonyl (C=O) groups is 1. The largest absolute Gasteiger partial charge is 0.356 e. The van der Waals surface area contributed by atoms with Crippen LogP contribution in [0.3, 0.4) is 0 Å². The molecule has 1 aromatic carbocycles. The molecular formula is C18H23BrO2. The number of halogens is 1. The molecular weight excluding hydrogens is 328 g/mol. The summed E-state index contributed by atoms with van der Waals surface area (Å²) in [6.45, 7) is 9.90. The minimum atomic E-state index is -0.738. The van der Waals surface area contributed by atoms with Gasteiger partial charge in [-0.3, -0.25) is 4.79 Å². The second-order valence-corrected chi connectivity index (χ2v) is 7.20. The maximum absolute atomic E-state index is 12.7. The van der Waals surface area contributed by atoms with Crippen molar-refractivity contribution in [1.29, 1.82) is 0 Å². The highest BCUT2D eigenvalue weighted by Gasteiger charge is 2.50. The zero-order chi connectivity index (χ0) is 15.8. The molecule has 1 fully saturated rings. The van der Waals surface area contributed by atoms with Crippen molar-refractivity contribution in [1.82, 2.24) is 0 Å². The van der Waals surface area contributed by atoms with Crippen molar-refractivity contribution in [3.05, 3.63) is 39.4 Å². The standard InChI is InChI=1S/C18H23BrO2/c1-6-12-10-14(19)9-8-13(12)11-15-16(20)17(3,4)21-18(15,5)7-2/h8-11H,6-7H2,1-5H3/b15-11-. The lowest BCUT2D eigenvalue weighted by Crippen LogP contribution is -2.30. The van der Waals surface area contributed by atoms with E-state index in [1.54, 1.807) is 0 Å². The third-order valence-corrected chi connectivity index (χ3v) is 4.80. The Bertz CT molecular complexity index is 601. The van der Waals surface area contributed by atoms with Crippen molar-refractivity contribution < 1.29 is 9.53 Å². The zero-order valence-electron chi connectivity index (χ0n) is 13.4. The second-order valence-electron chi connectivity index (χ2n) is 6.28. The lowest BCUT2D eigenvalue weighted by molar-refractivity contribution is -0.133. The average molecular weight is 351 g/mol. The van der Waals surface area contributed by atoms with E-state index in [-0.39, 0.29) is 5.78 Å². The van der Waals surface area contributed by atoms with Crippen LogP contribution in [0.2, 0.25) is 0 Å². The molecule has 3 heteroatoms. The molecule has 1 aliphatic heterocycles. The third kappa shape index (κ3) is 3.00. The van der Waals surface area contributed by atoms with Crippen LogP contribution in [0, 0.1) is 0 Å². The van der Waals surface area contributed by atoms with Crippen LogP contribution in [-0.2, 0) is 16.0 Å². The van der Waals surface area contributed by atoms with Gasteiger partial charge in [0.05, 0.1) is 5.60 Å². The number of aryl methyl sites for hydroxylation is 1. The summed E-state index contributed by atoms with van der Waals surface area (Å²) >= 11 is 3.50. The van der Waals surface area contributed by atoms with Crippen molar-refractivity contribution in [2.45, 2.75) is 58.7 Å². The molecule has 1 aromatic rings. The maximum atomic E-state index is 12.7. The van der Waals surface area contributed by atoms with Crippen molar-refractivity contribution in [2.24, 2.45) is 0 Å². The number of hydrogen-bond donors (Lipinski definition) is 0. The van der Waals surface area contributed by atoms with Crippen LogP contribution in [0.1, 0.15) is 52.2 Å². The summed E-state index contributed by atoms with van der Waals surface area (Å²) in [6, 6.07) is 6.19. The number of hydrogen-bond acceptors (Lipinski definition) is 2. The van der Waals surface area contributed by atoms with Gasteiger partial charge >= 0.3 is 0 Å². The van der Waals surface area contributed by atoms with Gasteiger partial charge in [-0.15, -0.1) is 0 Å². The Balaban J connectivity index is 2.55. The first kappa shape index (κ1) is 16.4. The minimum absolute atomic E-state index is 0.0943. The predicted octanol–water partition coefficient (Wildman–Crippen LogP) is 4.94. The third-order valence-electron chi connectivity index (χ3n) is 4.30. The van der Waals surface area contributed by atoms with Gasteiger partial charge < -0.3 is 4.74 Å². The molecule has 21 heavy (non-hydrogen) atoms. The summed E-state index contributed by atoms with van der Waals surface area (Å²) in [6.07, 6.45) is 3.73. The summed E-state index contributed by atoms with van der Waals surface area (Å²) in [5.41, 5.74) is 1.88. The van der Waals surface area contributed by atoms with Gasteiger partial charge in [0, 0.05) is 10.0 Å². The van der Waals surface area contributed by atoms with Gasteiger partial charge in [-0.25, -0.2) is 0 Å². The highest BCUT2D eigenvalue weighted by atomic mass is 79.9. The molecule has 2 rings (SSSR count). The monoisotopic (exact) mass is 350 g/mol. The molecule has 2 nitrogen and oxygen atoms in total. The summed E-state index contributed by atoms with van der Waals surface area (Å²) < 4.78 is 7.12. The molecule has 1 heterocycles. The van der Waals surface area contributed by atoms with E-state index >= 15 is 0 Å². The highest BCUT2D eigenvalue weighted by molar-refractivity contribution is 9.10. The number of benzene rings is 1. The van der Waals surface area contributed by atoms with E-state index in [9.17, 15) is 4.79 Å². The fourth-order valence-corrected chi connectivity index (χ4v) is 3.30. The zero-order valence-corrected chi connectivity index (χ0v) is 15.0. The number of ether oxygens (including phenoxy) is 1. The molecule has 1 saturated heterocycles. The number of carbonyl (C=O) groups excluding carboxylic acids is 1. The Labute approximate surface area is 135 Å². The summed E-state index contributed by atoms with van der Waals surface area (Å²) in [7, 11) is 0. The van der Waals surface area contributed by atoms with Crippen molar-refractivity contribution in [3.63, 3.8) is 0 Å². The van der Waals surface area contributed by atoms with Gasteiger partial charge in [0.2, 0.25) is 0 Å². The molecule has 0 bridgehead atoms. The smallest absolute Gasteiger partial charge is 0.192 e. The summed E-state index contributed by atoms with van der Waals surface area (Å²) in [5, 5.41) is 0. The van der Waals surface area contributed by atoms with Gasteiger partial charge in [-0.1, -0.05) is 35.8 Å². The molecule has 114 valence electrons. The quantitative estimate of drug-likeness (QED) is 0.721. The van der Waals surface area contributed by atoms with Gasteiger partial charge in [0.15, 0.2) is 5.78 Å². The Morgan fingerprint density at radius 1 is 1.24 bits per heavy atom. The molecule has 0 saturated carbocycles. The topological polar surface area (TPSA) is 26.3 Å². The second kappa shape index (κ2) is 5.69. The minimum Gasteiger partial charge on any atom is -0.356 e. The predicted molar refractivity (Wildman–Crippen MR) is 90.4 cm³/mol. The van der Waals surface area contributed by atoms with E-state index in [1.165, 1.54) is 5.56 Å². The van der Waals surface area contributed by atoms with Gasteiger partial charge in [-0.2, -0.15) is 0 Å². The van der Waals surface area contributed by atoms with Crippen LogP contribution in [0.5, 0.6) is 0 Å². The molecule has 1 aliphatic rings. The van der Waals surface area contributed by atoms with E-state index in [0.717, 1.165) is 28.5 Å². The first-order chi connectivity index (χ1) is 9.73. The fraction of sp³-hybridized carbons (Fsp3) is 0.500. The van der Waals surface area contributed by atoms with Crippen molar-refractivity contribution in [2.75, 3.05) is 0 Å². The van der Waals surface area contributed by atoms with Crippen LogP contribution >= 0.6 is 15.9 Å². The van der Waals surface area contributed by atoms with Crippen molar-refractivity contribution >= 4 is 27.8 Å². The average Bonchev–Trinajstić information content (AvgIpc) is 2.60. The first-order valence-electron chi connectivity index (χ1n) is 7.49. The van der Waals surface area contributed by atoms with Crippen LogP contribution in [-0.4, -0.2) is 17.0 Å². The maximum Gasteiger partial charge on any atom is 0.192 e. The van der Waals surface area contributed by atoms with Crippen LogP contribution in [0.25, 0.3) is 6.08 Å². The molecule has 0 spiro atoms. The fourth-order valence-electron chi connectivity index (χ4n) is 2.89. The van der Waals surface area contributed by atoms with Crippen LogP contribution in [0.15, 0.2) is 28.2 Å². The molecule has 0 aliphatic carbocycles. The van der Waals surface area contributed by atoms with E-state index in [2.05, 4.69) is 41.9 Å². The van der Waals surface area contributed by atoms with Crippen LogP contribution < -0.4 is 0 Å². The summed E-state index contributed by atoms with van der Waals surface area (Å²) in [4.78, 5) is 12.7. The molecule has 0 aromatic heterocycles. The number of ketones is 1. The molecule has 0 N–H and O–H groups in total. The van der Waals surface area contributed by atoms with E-state index in [4.69, 9.17) is 4.74 Å². The molecule has 1 unspecified atom stereocenters. The van der Waals surface area contributed by atoms with E-state index < -0.39 is 11.2 Å². The Morgan fingerprint density at radius 3 is 2.48 bits per heavy atom. The van der Waals surface area contributed by atoms with E-state index in [1.807, 2.05) is 32.9 Å². The number of rotatable bonds is 3. The SMILES string of the molecule is CCc1cc(Br)ccc1/C=C1/C(=O)C(C)(C)OC1(C)CC. The normalized spacial score (nSPS) is 26.6. The Kier molecular flexibility index (Phi) is 4.46. The number of Topliss-reactive ketones (excluding diaryl/α,β-unsaturated/α-hetero) is 1. The van der Waals surface area contributed by atoms with Crippen molar-refractivity contribution in [3.8, 4) is 0 Å². The summed E-state index contributed by atoms with van der Waals surface area (Å²) in [5.74, 6) is 0.0943. The Morgan fingerprint density at radius 2 is 1.90 bits per heavy atom. The van der Waals surface area contributed by atoms with Gasteiger partial charge in [-0.05, 0) is 62.9 Å². The van der Waals surface area contributed by atoms with Crippen LogP contribution in [0.4, 0.5) is 0 Å². The lowest BCUT2D eigenvalue weighted by atomic mass is 9.87. The Hall–Kier alpha value is -0.930. The molecule has 0 amide bonds. The first-order valence-corrected chi connectivity index (χ1v) is 8.28. The molecule has 1 atom stereocenters. The molecule has 0 radical (unpaired) electrons. The van der Waals surface area contributed by atoms with Gasteiger partial charge in [0.25, 0.3) is 0 Å². The van der Waals surface area contributed by atoms with Gasteiger partial charge in [0.1, 0.15) is 5.60 Å². The highest BCUT2D eigenvalue weighted by Crippen LogP contribution is 2.42.